The molecule has 0 fully saturated rings. The topological polar surface area (TPSA) is 35.0 Å². The Kier molecular flexibility index (Phi) is 4.28. The van der Waals surface area contributed by atoms with E-state index >= 15 is 0 Å². The molecule has 0 radical (unpaired) electrons. The van der Waals surface area contributed by atoms with E-state index in [2.05, 4.69) is 9.97 Å². The van der Waals surface area contributed by atoms with E-state index < -0.39 is 0 Å². The van der Waals surface area contributed by atoms with Crippen LogP contribution < -0.4 is 4.74 Å². The lowest BCUT2D eigenvalue weighted by molar-refractivity contribution is 0.293. The van der Waals surface area contributed by atoms with Gasteiger partial charge in [0.15, 0.2) is 5.82 Å². The quantitative estimate of drug-likeness (QED) is 0.720. The monoisotopic (exact) mass is 312 g/mol. The Morgan fingerprint density at radius 2 is 1.70 bits per heavy atom. The van der Waals surface area contributed by atoms with Gasteiger partial charge in [0, 0.05) is 17.3 Å². The maximum absolute atomic E-state index is 13.2. The first-order valence-electron chi connectivity index (χ1n) is 7.09. The van der Waals surface area contributed by atoms with E-state index in [1.54, 1.807) is 30.3 Å². The van der Waals surface area contributed by atoms with Gasteiger partial charge in [-0.1, -0.05) is 12.1 Å². The van der Waals surface area contributed by atoms with Crippen molar-refractivity contribution >= 4 is 0 Å². The molecule has 0 amide bonds. The van der Waals surface area contributed by atoms with E-state index in [9.17, 15) is 8.78 Å². The van der Waals surface area contributed by atoms with Crippen LogP contribution in [0.2, 0.25) is 0 Å². The molecule has 0 bridgehead atoms. The van der Waals surface area contributed by atoms with Gasteiger partial charge in [0.1, 0.15) is 18.2 Å². The van der Waals surface area contributed by atoms with Crippen LogP contribution in [0.3, 0.4) is 0 Å². The molecular weight excluding hydrogens is 298 g/mol. The zero-order valence-electron chi connectivity index (χ0n) is 12.5. The van der Waals surface area contributed by atoms with E-state index in [0.29, 0.717) is 22.8 Å². The lowest BCUT2D eigenvalue weighted by atomic mass is 10.2. The minimum atomic E-state index is -0.316. The molecule has 5 heteroatoms. The van der Waals surface area contributed by atoms with Crippen LogP contribution in [0.4, 0.5) is 8.78 Å². The van der Waals surface area contributed by atoms with Crippen molar-refractivity contribution in [3.8, 4) is 17.3 Å². The lowest BCUT2D eigenvalue weighted by Gasteiger charge is -2.08. The minimum Gasteiger partial charge on any atom is -0.473 e. The Morgan fingerprint density at radius 3 is 2.43 bits per heavy atom. The van der Waals surface area contributed by atoms with Crippen LogP contribution in [-0.2, 0) is 6.61 Å². The van der Waals surface area contributed by atoms with Gasteiger partial charge < -0.3 is 4.74 Å². The highest BCUT2D eigenvalue weighted by atomic mass is 19.1. The molecule has 0 N–H and O–H groups in total. The van der Waals surface area contributed by atoms with E-state index in [-0.39, 0.29) is 18.2 Å². The Balaban J connectivity index is 1.81. The molecule has 0 spiro atoms. The Hall–Kier alpha value is -2.82. The molecule has 1 aromatic heterocycles. The second kappa shape index (κ2) is 6.52. The van der Waals surface area contributed by atoms with E-state index in [0.717, 1.165) is 5.69 Å². The van der Waals surface area contributed by atoms with Gasteiger partial charge in [-0.15, -0.1) is 0 Å². The normalized spacial score (nSPS) is 10.6. The van der Waals surface area contributed by atoms with Crippen LogP contribution in [0.15, 0.2) is 54.6 Å². The third-order valence-electron chi connectivity index (χ3n) is 3.21. The number of aryl methyl sites for hydroxylation is 1. The van der Waals surface area contributed by atoms with Crippen LogP contribution in [0.25, 0.3) is 11.4 Å². The highest BCUT2D eigenvalue weighted by molar-refractivity contribution is 5.55. The fourth-order valence-corrected chi connectivity index (χ4v) is 2.13. The average molecular weight is 312 g/mol. The first-order valence-corrected chi connectivity index (χ1v) is 7.09. The summed E-state index contributed by atoms with van der Waals surface area (Å²) < 4.78 is 31.8. The summed E-state index contributed by atoms with van der Waals surface area (Å²) in [4.78, 5) is 8.65. The molecule has 0 unspecified atom stereocenters. The van der Waals surface area contributed by atoms with Gasteiger partial charge in [-0.05, 0) is 48.9 Å². The van der Waals surface area contributed by atoms with Crippen molar-refractivity contribution in [2.75, 3.05) is 0 Å². The minimum absolute atomic E-state index is 0.205. The molecule has 0 aliphatic heterocycles. The molecule has 3 nitrogen and oxygen atoms in total. The van der Waals surface area contributed by atoms with Crippen LogP contribution >= 0.6 is 0 Å². The standard InChI is InChI=1S/C18H14F2N2O/c1-12-9-17(23-11-13-3-2-4-16(20)10-13)22-18(21-12)14-5-7-15(19)8-6-14/h2-10H,11H2,1H3. The van der Waals surface area contributed by atoms with Gasteiger partial charge in [-0.2, -0.15) is 4.98 Å². The van der Waals surface area contributed by atoms with E-state index in [1.807, 2.05) is 6.92 Å². The number of ether oxygens (including phenoxy) is 1. The second-order valence-corrected chi connectivity index (χ2v) is 5.10. The molecular formula is C18H14F2N2O. The Bertz CT molecular complexity index is 820. The lowest BCUT2D eigenvalue weighted by Crippen LogP contribution is -2.01. The number of nitrogens with zero attached hydrogens (tertiary/aromatic N) is 2. The van der Waals surface area contributed by atoms with E-state index in [4.69, 9.17) is 4.74 Å². The third kappa shape index (κ3) is 3.88. The van der Waals surface area contributed by atoms with Gasteiger partial charge in [-0.25, -0.2) is 13.8 Å². The van der Waals surface area contributed by atoms with E-state index in [1.165, 1.54) is 24.3 Å². The summed E-state index contributed by atoms with van der Waals surface area (Å²) in [5.41, 5.74) is 2.14. The molecule has 0 saturated carbocycles. The average Bonchev–Trinajstić information content (AvgIpc) is 2.53. The number of hydrogen-bond donors (Lipinski definition) is 0. The molecule has 23 heavy (non-hydrogen) atoms. The summed E-state index contributed by atoms with van der Waals surface area (Å²) in [5, 5.41) is 0. The summed E-state index contributed by atoms with van der Waals surface area (Å²) in [6.45, 7) is 2.03. The third-order valence-corrected chi connectivity index (χ3v) is 3.21. The number of halogens is 2. The summed E-state index contributed by atoms with van der Waals surface area (Å²) in [5.74, 6) is 0.223. The number of aromatic nitrogens is 2. The largest absolute Gasteiger partial charge is 0.473 e. The predicted molar refractivity (Wildman–Crippen MR) is 82.9 cm³/mol. The zero-order valence-corrected chi connectivity index (χ0v) is 12.5. The fraction of sp³-hybridized carbons (Fsp3) is 0.111. The predicted octanol–water partition coefficient (Wildman–Crippen LogP) is 4.31. The molecule has 0 aliphatic rings. The molecule has 3 aromatic rings. The SMILES string of the molecule is Cc1cc(OCc2cccc(F)c2)nc(-c2ccc(F)cc2)n1. The van der Waals surface area contributed by atoms with Crippen LogP contribution in [0.5, 0.6) is 5.88 Å². The summed E-state index contributed by atoms with van der Waals surface area (Å²) in [6.07, 6.45) is 0. The number of rotatable bonds is 4. The molecule has 0 atom stereocenters. The van der Waals surface area contributed by atoms with Gasteiger partial charge in [-0.3, -0.25) is 0 Å². The van der Waals surface area contributed by atoms with Crippen molar-refractivity contribution in [1.82, 2.24) is 9.97 Å². The van der Waals surface area contributed by atoms with Crippen LogP contribution in [0.1, 0.15) is 11.3 Å². The Labute approximate surface area is 132 Å². The zero-order chi connectivity index (χ0) is 16.2. The van der Waals surface area contributed by atoms with Crippen molar-refractivity contribution in [3.63, 3.8) is 0 Å². The van der Waals surface area contributed by atoms with Gasteiger partial charge in [0.05, 0.1) is 0 Å². The summed E-state index contributed by atoms with van der Waals surface area (Å²) >= 11 is 0. The van der Waals surface area contributed by atoms with Crippen LogP contribution in [0, 0.1) is 18.6 Å². The molecule has 3 rings (SSSR count). The highest BCUT2D eigenvalue weighted by Crippen LogP contribution is 2.20. The maximum Gasteiger partial charge on any atom is 0.217 e. The molecule has 1 heterocycles. The van der Waals surface area contributed by atoms with Gasteiger partial charge >= 0.3 is 0 Å². The summed E-state index contributed by atoms with van der Waals surface area (Å²) in [6, 6.07) is 13.8. The molecule has 0 aliphatic carbocycles. The first-order chi connectivity index (χ1) is 11.1. The second-order valence-electron chi connectivity index (χ2n) is 5.10. The molecule has 2 aromatic carbocycles. The first kappa shape index (κ1) is 15.1. The van der Waals surface area contributed by atoms with Crippen LogP contribution in [-0.4, -0.2) is 9.97 Å². The van der Waals surface area contributed by atoms with Crippen molar-refractivity contribution in [1.29, 1.82) is 0 Å². The van der Waals surface area contributed by atoms with Gasteiger partial charge in [0.2, 0.25) is 5.88 Å². The van der Waals surface area contributed by atoms with Crippen molar-refractivity contribution in [2.24, 2.45) is 0 Å². The van der Waals surface area contributed by atoms with Crippen molar-refractivity contribution in [2.45, 2.75) is 13.5 Å². The maximum atomic E-state index is 13.2. The Morgan fingerprint density at radius 1 is 0.913 bits per heavy atom. The molecule has 116 valence electrons. The fourth-order valence-electron chi connectivity index (χ4n) is 2.13. The summed E-state index contributed by atoms with van der Waals surface area (Å²) in [7, 11) is 0. The molecule has 0 saturated heterocycles. The van der Waals surface area contributed by atoms with Gasteiger partial charge in [0.25, 0.3) is 0 Å². The highest BCUT2D eigenvalue weighted by Gasteiger charge is 2.07. The number of hydrogen-bond acceptors (Lipinski definition) is 3. The number of benzene rings is 2. The smallest absolute Gasteiger partial charge is 0.217 e. The van der Waals surface area contributed by atoms with Crippen molar-refractivity contribution in [3.05, 3.63) is 77.5 Å². The van der Waals surface area contributed by atoms with Crippen molar-refractivity contribution < 1.29 is 13.5 Å².